The Morgan fingerprint density at radius 1 is 1.73 bits per heavy atom. The van der Waals surface area contributed by atoms with E-state index >= 15 is 0 Å². The monoisotopic (exact) mass is 156 g/mol. The van der Waals surface area contributed by atoms with Crippen LogP contribution in [0.25, 0.3) is 0 Å². The fourth-order valence-corrected chi connectivity index (χ4v) is 1.43. The van der Waals surface area contributed by atoms with Crippen molar-refractivity contribution in [1.82, 2.24) is 4.90 Å². The van der Waals surface area contributed by atoms with Crippen molar-refractivity contribution in [2.75, 3.05) is 19.8 Å². The van der Waals surface area contributed by atoms with Crippen molar-refractivity contribution in [3.05, 3.63) is 0 Å². The van der Waals surface area contributed by atoms with E-state index in [-0.39, 0.29) is 0 Å². The molecule has 1 rings (SSSR count). The summed E-state index contributed by atoms with van der Waals surface area (Å²) in [6.45, 7) is 6.41. The number of morpholine rings is 1. The molecule has 0 aromatic heterocycles. The van der Waals surface area contributed by atoms with Crippen LogP contribution in [0.3, 0.4) is 0 Å². The van der Waals surface area contributed by atoms with Gasteiger partial charge in [0.15, 0.2) is 0 Å². The van der Waals surface area contributed by atoms with Crippen molar-refractivity contribution in [2.24, 2.45) is 0 Å². The molecule has 0 spiro atoms. The maximum atomic E-state index is 7.49. The van der Waals surface area contributed by atoms with E-state index in [0.29, 0.717) is 11.9 Å². The summed E-state index contributed by atoms with van der Waals surface area (Å²) in [4.78, 5) is 2.11. The number of amidine groups is 1. The fraction of sp³-hybridized carbons (Fsp3) is 0.875. The molecule has 64 valence electrons. The number of nitrogens with zero attached hydrogens (tertiary/aromatic N) is 1. The molecule has 1 saturated heterocycles. The molecule has 0 amide bonds. The van der Waals surface area contributed by atoms with E-state index in [1.54, 1.807) is 0 Å². The van der Waals surface area contributed by atoms with Gasteiger partial charge in [-0.05, 0) is 13.3 Å². The van der Waals surface area contributed by atoms with E-state index in [1.165, 1.54) is 0 Å². The average Bonchev–Trinajstić information content (AvgIpc) is 2.04. The van der Waals surface area contributed by atoms with Gasteiger partial charge in [0.05, 0.1) is 25.1 Å². The SMILES string of the molecule is CCC1COCCN1C(C)=N. The lowest BCUT2D eigenvalue weighted by molar-refractivity contribution is 0.0246. The highest BCUT2D eigenvalue weighted by molar-refractivity contribution is 5.76. The lowest BCUT2D eigenvalue weighted by Crippen LogP contribution is -2.47. The standard InChI is InChI=1S/C8H16N2O/c1-3-8-6-11-5-4-10(8)7(2)9/h8-9H,3-6H2,1-2H3. The molecule has 1 aliphatic rings. The van der Waals surface area contributed by atoms with Crippen molar-refractivity contribution >= 4 is 5.84 Å². The molecule has 0 bridgehead atoms. The second-order valence-corrected chi connectivity index (χ2v) is 2.92. The number of rotatable bonds is 1. The number of ether oxygens (including phenoxy) is 1. The topological polar surface area (TPSA) is 36.3 Å². The summed E-state index contributed by atoms with van der Waals surface area (Å²) in [5.74, 6) is 0.667. The minimum atomic E-state index is 0.432. The summed E-state index contributed by atoms with van der Waals surface area (Å²) in [7, 11) is 0. The van der Waals surface area contributed by atoms with Crippen molar-refractivity contribution in [3.63, 3.8) is 0 Å². The molecule has 0 aliphatic carbocycles. The predicted octanol–water partition coefficient (Wildman–Crippen LogP) is 1.09. The second kappa shape index (κ2) is 3.72. The normalized spacial score (nSPS) is 25.3. The molecule has 11 heavy (non-hydrogen) atoms. The maximum Gasteiger partial charge on any atom is 0.0929 e. The molecule has 1 N–H and O–H groups in total. The van der Waals surface area contributed by atoms with Gasteiger partial charge in [-0.25, -0.2) is 0 Å². The molecule has 1 heterocycles. The van der Waals surface area contributed by atoms with Crippen LogP contribution in [0, 0.1) is 5.41 Å². The van der Waals surface area contributed by atoms with Crippen LogP contribution in [-0.4, -0.2) is 36.5 Å². The molecule has 1 unspecified atom stereocenters. The summed E-state index contributed by atoms with van der Waals surface area (Å²) < 4.78 is 5.32. The second-order valence-electron chi connectivity index (χ2n) is 2.92. The Morgan fingerprint density at radius 2 is 2.45 bits per heavy atom. The van der Waals surface area contributed by atoms with Gasteiger partial charge in [-0.2, -0.15) is 0 Å². The summed E-state index contributed by atoms with van der Waals surface area (Å²) in [5.41, 5.74) is 0. The molecule has 0 aromatic rings. The van der Waals surface area contributed by atoms with Crippen LogP contribution in [0.4, 0.5) is 0 Å². The lowest BCUT2D eigenvalue weighted by atomic mass is 10.2. The Hall–Kier alpha value is -0.570. The van der Waals surface area contributed by atoms with E-state index in [9.17, 15) is 0 Å². The Balaban J connectivity index is 2.51. The van der Waals surface area contributed by atoms with Crippen LogP contribution in [0.5, 0.6) is 0 Å². The molecular formula is C8H16N2O. The zero-order chi connectivity index (χ0) is 8.27. The first-order valence-electron chi connectivity index (χ1n) is 4.15. The Bertz CT molecular complexity index is 147. The van der Waals surface area contributed by atoms with Gasteiger partial charge in [0.25, 0.3) is 0 Å². The quantitative estimate of drug-likeness (QED) is 0.456. The van der Waals surface area contributed by atoms with Gasteiger partial charge < -0.3 is 9.64 Å². The first kappa shape index (κ1) is 8.53. The number of hydrogen-bond acceptors (Lipinski definition) is 2. The summed E-state index contributed by atoms with van der Waals surface area (Å²) >= 11 is 0. The zero-order valence-electron chi connectivity index (χ0n) is 7.26. The van der Waals surface area contributed by atoms with E-state index < -0.39 is 0 Å². The molecule has 1 atom stereocenters. The molecule has 0 aromatic carbocycles. The van der Waals surface area contributed by atoms with Gasteiger partial charge in [0, 0.05) is 6.54 Å². The third-order valence-electron chi connectivity index (χ3n) is 2.13. The van der Waals surface area contributed by atoms with Gasteiger partial charge in [-0.15, -0.1) is 0 Å². The third-order valence-corrected chi connectivity index (χ3v) is 2.13. The van der Waals surface area contributed by atoms with Crippen LogP contribution in [0.15, 0.2) is 0 Å². The van der Waals surface area contributed by atoms with Crippen LogP contribution in [-0.2, 0) is 4.74 Å². The van der Waals surface area contributed by atoms with Crippen molar-refractivity contribution in [3.8, 4) is 0 Å². The molecule has 3 heteroatoms. The van der Waals surface area contributed by atoms with Gasteiger partial charge in [-0.1, -0.05) is 6.92 Å². The number of hydrogen-bond donors (Lipinski definition) is 1. The van der Waals surface area contributed by atoms with Crippen molar-refractivity contribution < 1.29 is 4.74 Å². The maximum absolute atomic E-state index is 7.49. The first-order valence-corrected chi connectivity index (χ1v) is 4.15. The smallest absolute Gasteiger partial charge is 0.0929 e. The average molecular weight is 156 g/mol. The summed E-state index contributed by atoms with van der Waals surface area (Å²) in [5, 5.41) is 7.49. The summed E-state index contributed by atoms with van der Waals surface area (Å²) in [6, 6.07) is 0.432. The van der Waals surface area contributed by atoms with Crippen LogP contribution < -0.4 is 0 Å². The van der Waals surface area contributed by atoms with Gasteiger partial charge in [0.1, 0.15) is 0 Å². The van der Waals surface area contributed by atoms with E-state index in [2.05, 4.69) is 11.8 Å². The Kier molecular flexibility index (Phi) is 2.88. The highest BCUT2D eigenvalue weighted by Crippen LogP contribution is 2.09. The molecule has 1 aliphatic heterocycles. The summed E-state index contributed by atoms with van der Waals surface area (Å²) in [6.07, 6.45) is 1.07. The van der Waals surface area contributed by atoms with Crippen LogP contribution in [0.1, 0.15) is 20.3 Å². The van der Waals surface area contributed by atoms with Gasteiger partial charge >= 0.3 is 0 Å². The van der Waals surface area contributed by atoms with E-state index in [4.69, 9.17) is 10.1 Å². The van der Waals surface area contributed by atoms with Gasteiger partial charge in [-0.3, -0.25) is 5.41 Å². The predicted molar refractivity (Wildman–Crippen MR) is 45.0 cm³/mol. The minimum Gasteiger partial charge on any atom is -0.377 e. The Morgan fingerprint density at radius 3 is 2.91 bits per heavy atom. The molecular weight excluding hydrogens is 140 g/mol. The van der Waals surface area contributed by atoms with Crippen LogP contribution in [0.2, 0.25) is 0 Å². The highest BCUT2D eigenvalue weighted by Gasteiger charge is 2.20. The zero-order valence-corrected chi connectivity index (χ0v) is 7.26. The molecule has 0 saturated carbocycles. The largest absolute Gasteiger partial charge is 0.377 e. The molecule has 3 nitrogen and oxygen atoms in total. The first-order chi connectivity index (χ1) is 5.25. The molecule has 1 fully saturated rings. The van der Waals surface area contributed by atoms with E-state index in [1.807, 2.05) is 6.92 Å². The Labute approximate surface area is 67.8 Å². The van der Waals surface area contributed by atoms with Crippen molar-refractivity contribution in [2.45, 2.75) is 26.3 Å². The fourth-order valence-electron chi connectivity index (χ4n) is 1.43. The molecule has 0 radical (unpaired) electrons. The van der Waals surface area contributed by atoms with Gasteiger partial charge in [0.2, 0.25) is 0 Å². The lowest BCUT2D eigenvalue weighted by Gasteiger charge is -2.35. The minimum absolute atomic E-state index is 0.432. The van der Waals surface area contributed by atoms with Crippen molar-refractivity contribution in [1.29, 1.82) is 5.41 Å². The highest BCUT2D eigenvalue weighted by atomic mass is 16.5. The third kappa shape index (κ3) is 1.93. The van der Waals surface area contributed by atoms with Crippen LogP contribution >= 0.6 is 0 Å². The van der Waals surface area contributed by atoms with E-state index in [0.717, 1.165) is 26.2 Å². The number of nitrogens with one attached hydrogen (secondary N) is 1.